The first-order valence-electron chi connectivity index (χ1n) is 6.39. The van der Waals surface area contributed by atoms with E-state index in [1.807, 2.05) is 10.7 Å². The fourth-order valence-electron chi connectivity index (χ4n) is 2.46. The first kappa shape index (κ1) is 11.3. The second-order valence-corrected chi connectivity index (χ2v) is 4.82. The molecule has 1 aliphatic carbocycles. The highest BCUT2D eigenvalue weighted by molar-refractivity contribution is 5.38. The van der Waals surface area contributed by atoms with Crippen molar-refractivity contribution in [3.8, 4) is 0 Å². The highest BCUT2D eigenvalue weighted by atomic mass is 15.5. The third kappa shape index (κ3) is 1.80. The molecule has 0 radical (unpaired) electrons. The summed E-state index contributed by atoms with van der Waals surface area (Å²) in [6.07, 6.45) is 3.16. The van der Waals surface area contributed by atoms with Crippen molar-refractivity contribution < 1.29 is 0 Å². The van der Waals surface area contributed by atoms with Crippen LogP contribution in [0.3, 0.4) is 0 Å². The van der Waals surface area contributed by atoms with Crippen molar-refractivity contribution in [2.75, 3.05) is 6.54 Å². The van der Waals surface area contributed by atoms with Crippen LogP contribution in [0.2, 0.25) is 0 Å². The Balaban J connectivity index is 1.93. The van der Waals surface area contributed by atoms with Gasteiger partial charge in [0.1, 0.15) is 0 Å². The molecule has 94 valence electrons. The molecule has 1 aromatic heterocycles. The number of tetrazole rings is 1. The normalized spacial score (nSPS) is 16.7. The lowest BCUT2D eigenvalue weighted by molar-refractivity contribution is 0.525. The zero-order chi connectivity index (χ0) is 12.4. The van der Waals surface area contributed by atoms with E-state index < -0.39 is 0 Å². The van der Waals surface area contributed by atoms with Crippen molar-refractivity contribution in [1.29, 1.82) is 0 Å². The summed E-state index contributed by atoms with van der Waals surface area (Å²) in [4.78, 5) is 0. The van der Waals surface area contributed by atoms with Crippen LogP contribution in [0.15, 0.2) is 30.3 Å². The highest BCUT2D eigenvalue weighted by Crippen LogP contribution is 2.52. The van der Waals surface area contributed by atoms with Gasteiger partial charge in [-0.15, -0.1) is 5.10 Å². The highest BCUT2D eigenvalue weighted by Gasteiger charge is 2.50. The molecular formula is C13H17N5. The average molecular weight is 243 g/mol. The fraction of sp³-hybridized carbons (Fsp3) is 0.462. The van der Waals surface area contributed by atoms with E-state index in [0.29, 0.717) is 6.54 Å². The predicted octanol–water partition coefficient (Wildman–Crippen LogP) is 1.10. The quantitative estimate of drug-likeness (QED) is 0.853. The molecule has 0 bridgehead atoms. The number of hydrogen-bond donors (Lipinski definition) is 1. The van der Waals surface area contributed by atoms with Crippen molar-refractivity contribution in [3.63, 3.8) is 0 Å². The molecule has 0 unspecified atom stereocenters. The van der Waals surface area contributed by atoms with Crippen LogP contribution in [0.5, 0.6) is 0 Å². The SMILES string of the molecule is NCCCn1nnnc1C1(c2ccccc2)CC1. The molecule has 0 amide bonds. The standard InChI is InChI=1S/C13H17N5/c14-9-4-10-18-12(15-16-17-18)13(7-8-13)11-5-2-1-3-6-11/h1-3,5-6H,4,7-10,14H2. The molecule has 0 saturated heterocycles. The molecule has 2 aromatic rings. The molecular weight excluding hydrogens is 226 g/mol. The molecule has 1 aromatic carbocycles. The van der Waals surface area contributed by atoms with Gasteiger partial charge >= 0.3 is 0 Å². The number of nitrogens with zero attached hydrogens (tertiary/aromatic N) is 4. The summed E-state index contributed by atoms with van der Waals surface area (Å²) in [6.45, 7) is 1.46. The van der Waals surface area contributed by atoms with Gasteiger partial charge in [-0.3, -0.25) is 0 Å². The van der Waals surface area contributed by atoms with E-state index in [0.717, 1.165) is 31.6 Å². The van der Waals surface area contributed by atoms with E-state index >= 15 is 0 Å². The average Bonchev–Trinajstić information content (AvgIpc) is 3.10. The molecule has 1 aliphatic rings. The Morgan fingerprint density at radius 3 is 2.67 bits per heavy atom. The Labute approximate surface area is 106 Å². The summed E-state index contributed by atoms with van der Waals surface area (Å²) >= 11 is 0. The van der Waals surface area contributed by atoms with Crippen molar-refractivity contribution in [1.82, 2.24) is 20.2 Å². The first-order chi connectivity index (χ1) is 8.87. The minimum absolute atomic E-state index is 0.0410. The second-order valence-electron chi connectivity index (χ2n) is 4.82. The van der Waals surface area contributed by atoms with Gasteiger partial charge < -0.3 is 5.73 Å². The fourth-order valence-corrected chi connectivity index (χ4v) is 2.46. The van der Waals surface area contributed by atoms with Gasteiger partial charge in [0.15, 0.2) is 5.82 Å². The van der Waals surface area contributed by atoms with Gasteiger partial charge in [0.05, 0.1) is 5.41 Å². The molecule has 0 atom stereocenters. The maximum absolute atomic E-state index is 5.55. The maximum atomic E-state index is 5.55. The molecule has 0 spiro atoms. The van der Waals surface area contributed by atoms with Gasteiger partial charge in [0, 0.05) is 6.54 Å². The van der Waals surface area contributed by atoms with Crippen molar-refractivity contribution in [3.05, 3.63) is 41.7 Å². The van der Waals surface area contributed by atoms with Gasteiger partial charge in [0.25, 0.3) is 0 Å². The Kier molecular flexibility index (Phi) is 2.83. The van der Waals surface area contributed by atoms with E-state index in [2.05, 4.69) is 39.8 Å². The number of aromatic nitrogens is 4. The van der Waals surface area contributed by atoms with Crippen molar-refractivity contribution >= 4 is 0 Å². The lowest BCUT2D eigenvalue weighted by atomic mass is 9.95. The molecule has 5 nitrogen and oxygen atoms in total. The minimum atomic E-state index is 0.0410. The minimum Gasteiger partial charge on any atom is -0.330 e. The van der Waals surface area contributed by atoms with Crippen LogP contribution in [0.1, 0.15) is 30.7 Å². The number of nitrogens with two attached hydrogens (primary N) is 1. The lowest BCUT2D eigenvalue weighted by Crippen LogP contribution is -2.18. The molecule has 1 heterocycles. The molecule has 5 heteroatoms. The Hall–Kier alpha value is -1.75. The number of rotatable bonds is 5. The maximum Gasteiger partial charge on any atom is 0.161 e. The van der Waals surface area contributed by atoms with Crippen LogP contribution in [-0.2, 0) is 12.0 Å². The molecule has 1 fully saturated rings. The van der Waals surface area contributed by atoms with Crippen molar-refractivity contribution in [2.24, 2.45) is 5.73 Å². The summed E-state index contributed by atoms with van der Waals surface area (Å²) in [6, 6.07) is 10.5. The van der Waals surface area contributed by atoms with Crippen LogP contribution in [0, 0.1) is 0 Å². The summed E-state index contributed by atoms with van der Waals surface area (Å²) in [5.41, 5.74) is 6.90. The largest absolute Gasteiger partial charge is 0.330 e. The van der Waals surface area contributed by atoms with Gasteiger partial charge in [-0.1, -0.05) is 30.3 Å². The number of aryl methyl sites for hydroxylation is 1. The van der Waals surface area contributed by atoms with Crippen LogP contribution in [0.4, 0.5) is 0 Å². The predicted molar refractivity (Wildman–Crippen MR) is 67.9 cm³/mol. The summed E-state index contributed by atoms with van der Waals surface area (Å²) in [7, 11) is 0. The smallest absolute Gasteiger partial charge is 0.161 e. The number of hydrogen-bond acceptors (Lipinski definition) is 4. The van der Waals surface area contributed by atoms with Crippen LogP contribution in [-0.4, -0.2) is 26.8 Å². The van der Waals surface area contributed by atoms with Gasteiger partial charge in [-0.05, 0) is 41.8 Å². The molecule has 3 rings (SSSR count). The summed E-state index contributed by atoms with van der Waals surface area (Å²) in [5.74, 6) is 0.988. The van der Waals surface area contributed by atoms with Crippen molar-refractivity contribution in [2.45, 2.75) is 31.2 Å². The summed E-state index contributed by atoms with van der Waals surface area (Å²) in [5, 5.41) is 12.2. The number of benzene rings is 1. The van der Waals surface area contributed by atoms with E-state index in [1.54, 1.807) is 0 Å². The van der Waals surface area contributed by atoms with Gasteiger partial charge in [0.2, 0.25) is 0 Å². The molecule has 2 N–H and O–H groups in total. The molecule has 0 aliphatic heterocycles. The van der Waals surface area contributed by atoms with E-state index in [1.165, 1.54) is 5.56 Å². The van der Waals surface area contributed by atoms with E-state index in [-0.39, 0.29) is 5.41 Å². The lowest BCUT2D eigenvalue weighted by Gasteiger charge is -2.14. The van der Waals surface area contributed by atoms with Gasteiger partial charge in [-0.2, -0.15) is 0 Å². The molecule has 1 saturated carbocycles. The van der Waals surface area contributed by atoms with Crippen LogP contribution >= 0.6 is 0 Å². The summed E-state index contributed by atoms with van der Waals surface area (Å²) < 4.78 is 1.91. The Bertz CT molecular complexity index is 515. The zero-order valence-corrected chi connectivity index (χ0v) is 10.3. The third-order valence-electron chi connectivity index (χ3n) is 3.61. The van der Waals surface area contributed by atoms with Crippen LogP contribution < -0.4 is 5.73 Å². The Morgan fingerprint density at radius 1 is 1.22 bits per heavy atom. The second kappa shape index (κ2) is 4.49. The van der Waals surface area contributed by atoms with E-state index in [4.69, 9.17) is 5.73 Å². The third-order valence-corrected chi connectivity index (χ3v) is 3.61. The van der Waals surface area contributed by atoms with Gasteiger partial charge in [-0.25, -0.2) is 4.68 Å². The Morgan fingerprint density at radius 2 is 2.00 bits per heavy atom. The van der Waals surface area contributed by atoms with E-state index in [9.17, 15) is 0 Å². The van der Waals surface area contributed by atoms with Crippen LogP contribution in [0.25, 0.3) is 0 Å². The first-order valence-corrected chi connectivity index (χ1v) is 6.39. The molecule has 18 heavy (non-hydrogen) atoms. The zero-order valence-electron chi connectivity index (χ0n) is 10.3. The monoisotopic (exact) mass is 243 g/mol. The topological polar surface area (TPSA) is 69.6 Å².